The first-order chi connectivity index (χ1) is 9.49. The largest absolute Gasteiger partial charge is 0.495 e. The van der Waals surface area contributed by atoms with Crippen molar-refractivity contribution in [3.05, 3.63) is 27.2 Å². The summed E-state index contributed by atoms with van der Waals surface area (Å²) in [4.78, 5) is 12.9. The number of rotatable bonds is 2. The van der Waals surface area contributed by atoms with Gasteiger partial charge in [-0.1, -0.05) is 43.0 Å². The molecule has 0 bridgehead atoms. The van der Waals surface area contributed by atoms with Gasteiger partial charge < -0.3 is 4.74 Å². The summed E-state index contributed by atoms with van der Waals surface area (Å²) in [5, 5.41) is 0.699. The highest BCUT2D eigenvalue weighted by molar-refractivity contribution is 6.45. The minimum Gasteiger partial charge on any atom is -0.495 e. The standard InChI is InChI=1S/C16H18Cl2O2/c1-16(10-5-3-4-6-10)8-9-7-11(20-2)13(17)14(18)12(9)15(16)19/h7,10H,3-6,8H2,1-2H3. The fourth-order valence-corrected chi connectivity index (χ4v) is 4.37. The molecule has 1 atom stereocenters. The maximum Gasteiger partial charge on any atom is 0.171 e. The lowest BCUT2D eigenvalue weighted by Crippen LogP contribution is -2.32. The fraction of sp³-hybridized carbons (Fsp3) is 0.562. The van der Waals surface area contributed by atoms with Crippen molar-refractivity contribution in [1.82, 2.24) is 0 Å². The van der Waals surface area contributed by atoms with Crippen molar-refractivity contribution in [3.63, 3.8) is 0 Å². The van der Waals surface area contributed by atoms with Gasteiger partial charge in [-0.3, -0.25) is 4.79 Å². The summed E-state index contributed by atoms with van der Waals surface area (Å²) < 4.78 is 5.25. The zero-order valence-corrected chi connectivity index (χ0v) is 13.3. The van der Waals surface area contributed by atoms with E-state index in [-0.39, 0.29) is 11.2 Å². The van der Waals surface area contributed by atoms with E-state index in [1.807, 2.05) is 6.07 Å². The van der Waals surface area contributed by atoms with Gasteiger partial charge >= 0.3 is 0 Å². The number of benzene rings is 1. The van der Waals surface area contributed by atoms with Crippen LogP contribution in [0.3, 0.4) is 0 Å². The van der Waals surface area contributed by atoms with Crippen molar-refractivity contribution < 1.29 is 9.53 Å². The van der Waals surface area contributed by atoms with Crippen molar-refractivity contribution >= 4 is 29.0 Å². The molecule has 2 aliphatic carbocycles. The molecule has 2 nitrogen and oxygen atoms in total. The van der Waals surface area contributed by atoms with Crippen LogP contribution in [-0.4, -0.2) is 12.9 Å². The lowest BCUT2D eigenvalue weighted by molar-refractivity contribution is 0.0744. The van der Waals surface area contributed by atoms with Crippen LogP contribution in [-0.2, 0) is 6.42 Å². The van der Waals surface area contributed by atoms with Crippen LogP contribution in [0.25, 0.3) is 0 Å². The second-order valence-corrected chi connectivity index (χ2v) is 6.90. The highest BCUT2D eigenvalue weighted by Crippen LogP contribution is 2.52. The van der Waals surface area contributed by atoms with E-state index < -0.39 is 0 Å². The Morgan fingerprint density at radius 2 is 1.90 bits per heavy atom. The summed E-state index contributed by atoms with van der Waals surface area (Å²) >= 11 is 12.5. The number of hydrogen-bond donors (Lipinski definition) is 0. The summed E-state index contributed by atoms with van der Waals surface area (Å²) in [6.45, 7) is 2.09. The molecular formula is C16H18Cl2O2. The number of carbonyl (C=O) groups excluding carboxylic acids is 1. The molecule has 0 heterocycles. The number of carbonyl (C=O) groups is 1. The highest BCUT2D eigenvalue weighted by atomic mass is 35.5. The van der Waals surface area contributed by atoms with E-state index in [0.717, 1.165) is 24.8 Å². The van der Waals surface area contributed by atoms with E-state index in [4.69, 9.17) is 27.9 Å². The van der Waals surface area contributed by atoms with Crippen LogP contribution >= 0.6 is 23.2 Å². The molecule has 1 aromatic rings. The van der Waals surface area contributed by atoms with Gasteiger partial charge in [0.15, 0.2) is 5.78 Å². The smallest absolute Gasteiger partial charge is 0.171 e. The third kappa shape index (κ3) is 1.88. The Balaban J connectivity index is 2.08. The maximum atomic E-state index is 12.9. The Hall–Kier alpha value is -0.730. The molecule has 0 N–H and O–H groups in total. The molecule has 4 heteroatoms. The van der Waals surface area contributed by atoms with Crippen LogP contribution in [0, 0.1) is 11.3 Å². The third-order valence-electron chi connectivity index (χ3n) is 5.03. The molecule has 0 spiro atoms. The first kappa shape index (κ1) is 14.2. The highest BCUT2D eigenvalue weighted by Gasteiger charge is 2.49. The van der Waals surface area contributed by atoms with Gasteiger partial charge in [-0.05, 0) is 36.8 Å². The molecule has 0 aromatic heterocycles. The molecule has 1 unspecified atom stereocenters. The van der Waals surface area contributed by atoms with Gasteiger partial charge in [0.2, 0.25) is 0 Å². The van der Waals surface area contributed by atoms with Crippen molar-refractivity contribution in [1.29, 1.82) is 0 Å². The summed E-state index contributed by atoms with van der Waals surface area (Å²) in [5.74, 6) is 1.18. The van der Waals surface area contributed by atoms with Crippen molar-refractivity contribution in [2.45, 2.75) is 39.0 Å². The molecule has 1 saturated carbocycles. The Labute approximate surface area is 129 Å². The normalized spacial score (nSPS) is 26.1. The second kappa shape index (κ2) is 4.92. The number of methoxy groups -OCH3 is 1. The number of halogens is 2. The van der Waals surface area contributed by atoms with E-state index >= 15 is 0 Å². The van der Waals surface area contributed by atoms with Gasteiger partial charge in [0.25, 0.3) is 0 Å². The minimum atomic E-state index is -0.321. The molecule has 3 rings (SSSR count). The van der Waals surface area contributed by atoms with Gasteiger partial charge in [-0.2, -0.15) is 0 Å². The van der Waals surface area contributed by atoms with Crippen molar-refractivity contribution in [2.75, 3.05) is 7.11 Å². The molecule has 1 fully saturated rings. The quantitative estimate of drug-likeness (QED) is 0.773. The summed E-state index contributed by atoms with van der Waals surface area (Å²) in [5.41, 5.74) is 1.28. The van der Waals surface area contributed by atoms with Gasteiger partial charge in [-0.15, -0.1) is 0 Å². The zero-order chi connectivity index (χ0) is 14.5. The average molecular weight is 313 g/mol. The first-order valence-electron chi connectivity index (χ1n) is 7.08. The molecular weight excluding hydrogens is 295 g/mol. The Morgan fingerprint density at radius 3 is 2.50 bits per heavy atom. The Bertz CT molecular complexity index is 576. The fourth-order valence-electron chi connectivity index (χ4n) is 3.84. The number of Topliss-reactive ketones (excluding diaryl/α,β-unsaturated/α-hetero) is 1. The van der Waals surface area contributed by atoms with Crippen LogP contribution in [0.15, 0.2) is 6.07 Å². The van der Waals surface area contributed by atoms with Crippen LogP contribution in [0.5, 0.6) is 5.75 Å². The molecule has 0 amide bonds. The van der Waals surface area contributed by atoms with Crippen molar-refractivity contribution in [3.8, 4) is 5.75 Å². The summed E-state index contributed by atoms with van der Waals surface area (Å²) in [6, 6.07) is 1.88. The zero-order valence-electron chi connectivity index (χ0n) is 11.8. The number of hydrogen-bond acceptors (Lipinski definition) is 2. The van der Waals surface area contributed by atoms with Gasteiger partial charge in [0.05, 0.1) is 12.1 Å². The Kier molecular flexibility index (Phi) is 3.50. The third-order valence-corrected chi connectivity index (χ3v) is 5.88. The van der Waals surface area contributed by atoms with Crippen LogP contribution in [0.2, 0.25) is 10.0 Å². The van der Waals surface area contributed by atoms with Crippen LogP contribution in [0.1, 0.15) is 48.5 Å². The van der Waals surface area contributed by atoms with E-state index in [2.05, 4.69) is 6.92 Å². The molecule has 0 aliphatic heterocycles. The molecule has 2 aliphatic rings. The van der Waals surface area contributed by atoms with Gasteiger partial charge in [0.1, 0.15) is 10.8 Å². The van der Waals surface area contributed by atoms with Gasteiger partial charge in [0, 0.05) is 11.0 Å². The monoisotopic (exact) mass is 312 g/mol. The van der Waals surface area contributed by atoms with E-state index in [1.54, 1.807) is 7.11 Å². The van der Waals surface area contributed by atoms with E-state index in [9.17, 15) is 4.79 Å². The lowest BCUT2D eigenvalue weighted by Gasteiger charge is -2.29. The lowest BCUT2D eigenvalue weighted by atomic mass is 9.73. The molecule has 0 saturated heterocycles. The predicted octanol–water partition coefficient (Wildman–Crippen LogP) is 4.94. The van der Waals surface area contributed by atoms with E-state index in [1.165, 1.54) is 12.8 Å². The van der Waals surface area contributed by atoms with E-state index in [0.29, 0.717) is 27.3 Å². The number of ether oxygens (including phenoxy) is 1. The predicted molar refractivity (Wildman–Crippen MR) is 81.1 cm³/mol. The minimum absolute atomic E-state index is 0.161. The maximum absolute atomic E-state index is 12.9. The number of ketones is 1. The van der Waals surface area contributed by atoms with Crippen LogP contribution < -0.4 is 4.74 Å². The molecule has 0 radical (unpaired) electrons. The van der Waals surface area contributed by atoms with Crippen LogP contribution in [0.4, 0.5) is 0 Å². The molecule has 108 valence electrons. The Morgan fingerprint density at radius 1 is 1.25 bits per heavy atom. The van der Waals surface area contributed by atoms with Crippen molar-refractivity contribution in [2.24, 2.45) is 11.3 Å². The summed E-state index contributed by atoms with van der Waals surface area (Å²) in [6.07, 6.45) is 5.47. The topological polar surface area (TPSA) is 26.3 Å². The summed E-state index contributed by atoms with van der Waals surface area (Å²) in [7, 11) is 1.57. The SMILES string of the molecule is COc1cc2c(c(Cl)c1Cl)C(=O)C(C)(C1CCCC1)C2. The first-order valence-corrected chi connectivity index (χ1v) is 7.84. The molecule has 20 heavy (non-hydrogen) atoms. The average Bonchev–Trinajstić information content (AvgIpc) is 3.03. The molecule has 1 aromatic carbocycles. The van der Waals surface area contributed by atoms with Gasteiger partial charge in [-0.25, -0.2) is 0 Å². The second-order valence-electron chi connectivity index (χ2n) is 6.15. The number of fused-ring (bicyclic) bond motifs is 1.